The van der Waals surface area contributed by atoms with E-state index in [2.05, 4.69) is 26.0 Å². The van der Waals surface area contributed by atoms with Gasteiger partial charge < -0.3 is 19.8 Å². The number of rotatable bonds is 9. The summed E-state index contributed by atoms with van der Waals surface area (Å²) in [5.41, 5.74) is 1.04. The minimum atomic E-state index is -0.884. The minimum Gasteiger partial charge on any atom is -0.394 e. The maximum Gasteiger partial charge on any atom is 0.247 e. The highest BCUT2D eigenvalue weighted by atomic mass is 32.2. The van der Waals surface area contributed by atoms with Crippen LogP contribution in [-0.4, -0.2) is 85.3 Å². The SMILES string of the molecule is CCCCCN1CC=C[C@]23S[C@@]4(C)C=CCN(Cc5ccccc5)C(=O)[C@H]4[C@H]2C(=O)N([C@@H](CO)C(C)C)C3C1=O. The quantitative estimate of drug-likeness (QED) is 0.363. The van der Waals surface area contributed by atoms with Crippen molar-refractivity contribution >= 4 is 29.5 Å². The lowest BCUT2D eigenvalue weighted by Gasteiger charge is -2.41. The monoisotopic (exact) mass is 565 g/mol. The van der Waals surface area contributed by atoms with Crippen LogP contribution in [0.2, 0.25) is 0 Å². The molecular formula is C32H43N3O4S. The second-order valence-electron chi connectivity index (χ2n) is 12.2. The first-order valence-electron chi connectivity index (χ1n) is 14.8. The van der Waals surface area contributed by atoms with Gasteiger partial charge in [-0.15, -0.1) is 11.8 Å². The van der Waals surface area contributed by atoms with Gasteiger partial charge in [0.2, 0.25) is 17.7 Å². The van der Waals surface area contributed by atoms with E-state index in [1.165, 1.54) is 0 Å². The van der Waals surface area contributed by atoms with Crippen molar-refractivity contribution in [3.05, 3.63) is 60.2 Å². The molecule has 0 aliphatic carbocycles. The van der Waals surface area contributed by atoms with Crippen LogP contribution < -0.4 is 0 Å². The largest absolute Gasteiger partial charge is 0.394 e. The van der Waals surface area contributed by atoms with Gasteiger partial charge in [0, 0.05) is 30.9 Å². The molecule has 0 saturated carbocycles. The summed E-state index contributed by atoms with van der Waals surface area (Å²) in [5, 5.41) is 10.5. The number of amides is 3. The number of thioether (sulfide) groups is 1. The minimum absolute atomic E-state index is 0.0466. The van der Waals surface area contributed by atoms with Gasteiger partial charge in [-0.3, -0.25) is 14.4 Å². The third kappa shape index (κ3) is 4.71. The Labute approximate surface area is 242 Å². The molecule has 4 heterocycles. The van der Waals surface area contributed by atoms with Crippen molar-refractivity contribution in [3.8, 4) is 0 Å². The summed E-state index contributed by atoms with van der Waals surface area (Å²) >= 11 is 1.61. The Morgan fingerprint density at radius 2 is 1.65 bits per heavy atom. The van der Waals surface area contributed by atoms with Gasteiger partial charge in [0.1, 0.15) is 6.04 Å². The zero-order chi connectivity index (χ0) is 28.7. The van der Waals surface area contributed by atoms with Crippen LogP contribution >= 0.6 is 11.8 Å². The van der Waals surface area contributed by atoms with Gasteiger partial charge >= 0.3 is 0 Å². The topological polar surface area (TPSA) is 81.2 Å². The third-order valence-corrected chi connectivity index (χ3v) is 11.0. The molecule has 1 aromatic rings. The summed E-state index contributed by atoms with van der Waals surface area (Å²) in [7, 11) is 0. The lowest BCUT2D eigenvalue weighted by atomic mass is 9.74. The van der Waals surface area contributed by atoms with Crippen molar-refractivity contribution in [2.75, 3.05) is 26.2 Å². The average molecular weight is 566 g/mol. The average Bonchev–Trinajstić information content (AvgIpc) is 3.20. The fraction of sp³-hybridized carbons (Fsp3) is 0.594. The molecule has 1 spiro atoms. The van der Waals surface area contributed by atoms with Gasteiger partial charge in [0.05, 0.1) is 29.2 Å². The third-order valence-electron chi connectivity index (χ3n) is 9.22. The second-order valence-corrected chi connectivity index (χ2v) is 14.0. The molecule has 4 aliphatic rings. The van der Waals surface area contributed by atoms with Gasteiger partial charge in [-0.2, -0.15) is 0 Å². The fourth-order valence-corrected chi connectivity index (χ4v) is 9.38. The van der Waals surface area contributed by atoms with Crippen molar-refractivity contribution < 1.29 is 19.5 Å². The molecule has 0 bridgehead atoms. The van der Waals surface area contributed by atoms with Crippen LogP contribution in [0.5, 0.6) is 0 Å². The number of carbonyl (C=O) groups excluding carboxylic acids is 3. The number of hydrogen-bond donors (Lipinski definition) is 1. The molecule has 4 aliphatic heterocycles. The van der Waals surface area contributed by atoms with E-state index >= 15 is 0 Å². The second kappa shape index (κ2) is 11.4. The van der Waals surface area contributed by atoms with E-state index in [1.54, 1.807) is 16.7 Å². The van der Waals surface area contributed by atoms with Crippen LogP contribution in [0, 0.1) is 17.8 Å². The first-order valence-corrected chi connectivity index (χ1v) is 15.6. The van der Waals surface area contributed by atoms with E-state index in [4.69, 9.17) is 0 Å². The van der Waals surface area contributed by atoms with Crippen molar-refractivity contribution in [3.63, 3.8) is 0 Å². The zero-order valence-electron chi connectivity index (χ0n) is 24.2. The predicted molar refractivity (Wildman–Crippen MR) is 158 cm³/mol. The highest BCUT2D eigenvalue weighted by Crippen LogP contribution is 2.66. The first-order chi connectivity index (χ1) is 19.2. The van der Waals surface area contributed by atoms with E-state index in [0.717, 1.165) is 24.8 Å². The van der Waals surface area contributed by atoms with E-state index in [0.29, 0.717) is 26.2 Å². The summed E-state index contributed by atoms with van der Waals surface area (Å²) in [4.78, 5) is 48.8. The normalized spacial score (nSPS) is 32.3. The van der Waals surface area contributed by atoms with Gasteiger partial charge in [-0.25, -0.2) is 0 Å². The molecule has 7 nitrogen and oxygen atoms in total. The van der Waals surface area contributed by atoms with Gasteiger partial charge in [-0.05, 0) is 24.8 Å². The predicted octanol–water partition coefficient (Wildman–Crippen LogP) is 3.88. The Morgan fingerprint density at radius 1 is 0.950 bits per heavy atom. The summed E-state index contributed by atoms with van der Waals surface area (Å²) in [6.45, 7) is 9.99. The number of benzene rings is 1. The van der Waals surface area contributed by atoms with Crippen LogP contribution in [0.15, 0.2) is 54.6 Å². The Hall–Kier alpha value is -2.58. The van der Waals surface area contributed by atoms with Crippen LogP contribution in [0.1, 0.15) is 52.5 Å². The number of unbranched alkanes of at least 4 members (excludes halogenated alkanes) is 2. The number of hydrogen-bond acceptors (Lipinski definition) is 5. The fourth-order valence-electron chi connectivity index (χ4n) is 7.24. The Bertz CT molecular complexity index is 1190. The number of fused-ring (bicyclic) bond motifs is 2. The Balaban J connectivity index is 1.58. The molecule has 3 amide bonds. The molecule has 5 rings (SSSR count). The zero-order valence-corrected chi connectivity index (χ0v) is 25.0. The van der Waals surface area contributed by atoms with Crippen LogP contribution in [0.3, 0.4) is 0 Å². The van der Waals surface area contributed by atoms with E-state index < -0.39 is 33.4 Å². The van der Waals surface area contributed by atoms with E-state index in [-0.39, 0.29) is 30.2 Å². The smallest absolute Gasteiger partial charge is 0.247 e. The van der Waals surface area contributed by atoms with Gasteiger partial charge in [-0.1, -0.05) is 88.2 Å². The summed E-state index contributed by atoms with van der Waals surface area (Å²) in [5.74, 6) is -1.65. The molecule has 1 unspecified atom stereocenters. The lowest BCUT2D eigenvalue weighted by molar-refractivity contribution is -0.148. The van der Waals surface area contributed by atoms with Gasteiger partial charge in [0.15, 0.2) is 0 Å². The van der Waals surface area contributed by atoms with Crippen molar-refractivity contribution in [1.29, 1.82) is 0 Å². The molecule has 8 heteroatoms. The van der Waals surface area contributed by atoms with Crippen LogP contribution in [0.25, 0.3) is 0 Å². The lowest BCUT2D eigenvalue weighted by Crippen LogP contribution is -2.58. The molecule has 0 aromatic heterocycles. The van der Waals surface area contributed by atoms with Crippen LogP contribution in [-0.2, 0) is 20.9 Å². The molecule has 1 aromatic carbocycles. The molecule has 216 valence electrons. The number of aliphatic hydroxyl groups is 1. The molecule has 40 heavy (non-hydrogen) atoms. The molecule has 2 saturated heterocycles. The number of carbonyl (C=O) groups is 3. The molecule has 2 fully saturated rings. The summed E-state index contributed by atoms with van der Waals surface area (Å²) in [6.07, 6.45) is 11.2. The van der Waals surface area contributed by atoms with Crippen LogP contribution in [0.4, 0.5) is 0 Å². The molecule has 0 radical (unpaired) electrons. The van der Waals surface area contributed by atoms with Crippen molar-refractivity contribution in [2.45, 2.75) is 75.1 Å². The van der Waals surface area contributed by atoms with Gasteiger partial charge in [0.25, 0.3) is 0 Å². The first kappa shape index (κ1) is 28.9. The summed E-state index contributed by atoms with van der Waals surface area (Å²) in [6, 6.07) is 8.66. The van der Waals surface area contributed by atoms with Crippen molar-refractivity contribution in [1.82, 2.24) is 14.7 Å². The Kier molecular flexibility index (Phi) is 8.22. The molecule has 6 atom stereocenters. The number of nitrogens with zero attached hydrogens (tertiary/aromatic N) is 3. The van der Waals surface area contributed by atoms with Crippen molar-refractivity contribution in [2.24, 2.45) is 17.8 Å². The Morgan fingerprint density at radius 3 is 2.33 bits per heavy atom. The standard InChI is InChI=1S/C32H43N3O4S/c1-5-6-10-17-33-18-12-16-32-26(29(38)35(27(32)30(33)39)24(21-36)22(2)3)25-28(37)34(19-11-15-31(25,4)40-32)20-23-13-8-7-9-14-23/h7-9,11-16,22,24-27,36H,5-6,10,17-21H2,1-4H3/t24-,25+,26-,27?,31-,32-/m0/s1. The molecular weight excluding hydrogens is 522 g/mol. The number of aliphatic hydroxyl groups excluding tert-OH is 1. The van der Waals surface area contributed by atoms with E-state index in [1.807, 2.05) is 66.1 Å². The highest BCUT2D eigenvalue weighted by molar-refractivity contribution is 8.02. The molecule has 1 N–H and O–H groups in total. The highest BCUT2D eigenvalue weighted by Gasteiger charge is 2.74. The maximum absolute atomic E-state index is 14.6. The number of likely N-dealkylation sites (tertiary alicyclic amines) is 1. The summed E-state index contributed by atoms with van der Waals surface area (Å²) < 4.78 is -1.52. The van der Waals surface area contributed by atoms with E-state index in [9.17, 15) is 19.5 Å². The maximum atomic E-state index is 14.6.